The standard InChI is InChI=1S/C16H15N3O2/c1-10(2)14-12-8-9-13(14)19-16(21)17(15(20)18(12)19)11-6-4-3-5-7-11/h3-9,12-13H,1-2H3. The highest BCUT2D eigenvalue weighted by Gasteiger charge is 2.42. The Hall–Kier alpha value is -2.56. The Morgan fingerprint density at radius 1 is 0.905 bits per heavy atom. The maximum Gasteiger partial charge on any atom is 0.352 e. The molecule has 2 atom stereocenters. The Kier molecular flexibility index (Phi) is 2.31. The second-order valence-electron chi connectivity index (χ2n) is 5.66. The summed E-state index contributed by atoms with van der Waals surface area (Å²) in [5.74, 6) is 0. The van der Waals surface area contributed by atoms with Gasteiger partial charge in [-0.15, -0.1) is 0 Å². The summed E-state index contributed by atoms with van der Waals surface area (Å²) in [7, 11) is 0. The Morgan fingerprint density at radius 2 is 1.43 bits per heavy atom. The van der Waals surface area contributed by atoms with Gasteiger partial charge < -0.3 is 0 Å². The summed E-state index contributed by atoms with van der Waals surface area (Å²) >= 11 is 0. The minimum Gasteiger partial charge on any atom is -0.245 e. The van der Waals surface area contributed by atoms with Gasteiger partial charge in [-0.05, 0) is 31.6 Å². The fourth-order valence-corrected chi connectivity index (χ4v) is 3.39. The van der Waals surface area contributed by atoms with E-state index in [-0.39, 0.29) is 23.5 Å². The van der Waals surface area contributed by atoms with Crippen LogP contribution in [0, 0.1) is 0 Å². The van der Waals surface area contributed by atoms with E-state index in [1.54, 1.807) is 21.5 Å². The molecule has 0 spiro atoms. The van der Waals surface area contributed by atoms with E-state index in [9.17, 15) is 9.59 Å². The second kappa shape index (κ2) is 3.97. The van der Waals surface area contributed by atoms with Crippen molar-refractivity contribution in [1.29, 1.82) is 0 Å². The molecule has 1 aliphatic carbocycles. The first kappa shape index (κ1) is 12.2. The largest absolute Gasteiger partial charge is 0.352 e. The molecule has 0 fully saturated rings. The van der Waals surface area contributed by atoms with E-state index in [4.69, 9.17) is 0 Å². The molecule has 2 unspecified atom stereocenters. The van der Waals surface area contributed by atoms with E-state index in [0.717, 1.165) is 11.1 Å². The first-order valence-electron chi connectivity index (χ1n) is 6.98. The third-order valence-electron chi connectivity index (χ3n) is 4.24. The zero-order valence-electron chi connectivity index (χ0n) is 11.9. The molecule has 2 bridgehead atoms. The van der Waals surface area contributed by atoms with Gasteiger partial charge in [0.15, 0.2) is 0 Å². The van der Waals surface area contributed by atoms with Crippen LogP contribution in [0.1, 0.15) is 25.9 Å². The summed E-state index contributed by atoms with van der Waals surface area (Å²) in [5, 5.41) is 0. The van der Waals surface area contributed by atoms with Crippen molar-refractivity contribution in [3.63, 3.8) is 0 Å². The zero-order chi connectivity index (χ0) is 14.7. The number of hydrogen-bond acceptors (Lipinski definition) is 2. The summed E-state index contributed by atoms with van der Waals surface area (Å²) in [6.07, 6.45) is 4.01. The highest BCUT2D eigenvalue weighted by atomic mass is 16.2. The van der Waals surface area contributed by atoms with Crippen molar-refractivity contribution in [2.75, 3.05) is 0 Å². The van der Waals surface area contributed by atoms with Gasteiger partial charge in [-0.3, -0.25) is 0 Å². The molecule has 0 radical (unpaired) electrons. The molecule has 106 valence electrons. The van der Waals surface area contributed by atoms with E-state index in [2.05, 4.69) is 0 Å². The molecule has 1 aromatic heterocycles. The number of hydrogen-bond donors (Lipinski definition) is 0. The van der Waals surface area contributed by atoms with Crippen LogP contribution in [-0.4, -0.2) is 13.9 Å². The molecule has 1 aliphatic heterocycles. The molecule has 2 heterocycles. The quantitative estimate of drug-likeness (QED) is 0.748. The summed E-state index contributed by atoms with van der Waals surface area (Å²) in [5.41, 5.74) is 2.37. The van der Waals surface area contributed by atoms with Crippen molar-refractivity contribution >= 4 is 0 Å². The van der Waals surface area contributed by atoms with Crippen molar-refractivity contribution in [3.8, 4) is 5.69 Å². The van der Waals surface area contributed by atoms with Crippen LogP contribution < -0.4 is 11.4 Å². The summed E-state index contributed by atoms with van der Waals surface area (Å²) < 4.78 is 4.39. The van der Waals surface area contributed by atoms with Gasteiger partial charge in [-0.25, -0.2) is 23.5 Å². The summed E-state index contributed by atoms with van der Waals surface area (Å²) in [6.45, 7) is 4.05. The highest BCUT2D eigenvalue weighted by molar-refractivity contribution is 5.39. The van der Waals surface area contributed by atoms with Crippen molar-refractivity contribution in [2.45, 2.75) is 25.9 Å². The average molecular weight is 281 g/mol. The van der Waals surface area contributed by atoms with Crippen molar-refractivity contribution in [3.05, 3.63) is 74.6 Å². The van der Waals surface area contributed by atoms with E-state index in [1.807, 2.05) is 44.2 Å². The number of fused-ring (bicyclic) bond motifs is 5. The van der Waals surface area contributed by atoms with E-state index >= 15 is 0 Å². The number of allylic oxidation sites excluding steroid dienone is 4. The Bertz CT molecular complexity index is 858. The molecule has 4 rings (SSSR count). The lowest BCUT2D eigenvalue weighted by Crippen LogP contribution is -2.29. The fourth-order valence-electron chi connectivity index (χ4n) is 3.39. The lowest BCUT2D eigenvalue weighted by Gasteiger charge is -2.07. The number of nitrogens with zero attached hydrogens (tertiary/aromatic N) is 3. The molecule has 2 aromatic rings. The average Bonchev–Trinajstić information content (AvgIpc) is 3.10. The molecular weight excluding hydrogens is 266 g/mol. The number of aromatic nitrogens is 3. The lowest BCUT2D eigenvalue weighted by molar-refractivity contribution is 0.505. The van der Waals surface area contributed by atoms with Gasteiger partial charge in [0, 0.05) is 0 Å². The molecule has 21 heavy (non-hydrogen) atoms. The van der Waals surface area contributed by atoms with Gasteiger partial charge in [0.1, 0.15) is 0 Å². The molecule has 5 heteroatoms. The Morgan fingerprint density at radius 3 is 1.90 bits per heavy atom. The first-order chi connectivity index (χ1) is 10.1. The molecule has 2 aliphatic rings. The molecule has 0 amide bonds. The molecule has 1 aromatic carbocycles. The van der Waals surface area contributed by atoms with Gasteiger partial charge in [-0.1, -0.05) is 35.9 Å². The molecular formula is C16H15N3O2. The Labute approximate surface area is 121 Å². The second-order valence-corrected chi connectivity index (χ2v) is 5.66. The third-order valence-corrected chi connectivity index (χ3v) is 4.24. The summed E-state index contributed by atoms with van der Waals surface area (Å²) in [4.78, 5) is 25.4. The number of rotatable bonds is 1. The predicted octanol–water partition coefficient (Wildman–Crippen LogP) is 1.80. The van der Waals surface area contributed by atoms with Gasteiger partial charge >= 0.3 is 11.4 Å². The topological polar surface area (TPSA) is 48.9 Å². The van der Waals surface area contributed by atoms with E-state index < -0.39 is 0 Å². The van der Waals surface area contributed by atoms with Crippen LogP contribution in [0.3, 0.4) is 0 Å². The van der Waals surface area contributed by atoms with Crippen LogP contribution in [0.5, 0.6) is 0 Å². The van der Waals surface area contributed by atoms with Crippen LogP contribution in [0.4, 0.5) is 0 Å². The van der Waals surface area contributed by atoms with Crippen LogP contribution >= 0.6 is 0 Å². The minimum absolute atomic E-state index is 0.120. The summed E-state index contributed by atoms with van der Waals surface area (Å²) in [6, 6.07) is 8.82. The number of para-hydroxylation sites is 1. The van der Waals surface area contributed by atoms with Gasteiger partial charge in [0.2, 0.25) is 0 Å². The van der Waals surface area contributed by atoms with Crippen LogP contribution in [0.15, 0.2) is 63.2 Å². The minimum atomic E-state index is -0.276. The maximum atomic E-state index is 12.7. The van der Waals surface area contributed by atoms with Crippen molar-refractivity contribution in [1.82, 2.24) is 13.9 Å². The third kappa shape index (κ3) is 1.40. The number of benzene rings is 1. The molecule has 0 saturated heterocycles. The van der Waals surface area contributed by atoms with Crippen LogP contribution in [0.25, 0.3) is 5.69 Å². The maximum absolute atomic E-state index is 12.7. The van der Waals surface area contributed by atoms with Gasteiger partial charge in [0.05, 0.1) is 17.8 Å². The zero-order valence-corrected chi connectivity index (χ0v) is 11.9. The monoisotopic (exact) mass is 281 g/mol. The van der Waals surface area contributed by atoms with Crippen LogP contribution in [0.2, 0.25) is 0 Å². The molecule has 5 nitrogen and oxygen atoms in total. The van der Waals surface area contributed by atoms with E-state index in [0.29, 0.717) is 5.69 Å². The highest BCUT2D eigenvalue weighted by Crippen LogP contribution is 2.43. The Balaban J connectivity index is 2.02. The lowest BCUT2D eigenvalue weighted by atomic mass is 10.0. The normalized spacial score (nSPS) is 21.9. The SMILES string of the molecule is CC(C)=C1C2C=CC1n1c(=O)n(-c3ccccc3)c(=O)n12. The molecule has 0 saturated carbocycles. The fraction of sp³-hybridized carbons (Fsp3) is 0.250. The van der Waals surface area contributed by atoms with Crippen molar-refractivity contribution < 1.29 is 0 Å². The van der Waals surface area contributed by atoms with E-state index in [1.165, 1.54) is 4.57 Å². The molecule has 0 N–H and O–H groups in total. The van der Waals surface area contributed by atoms with Gasteiger partial charge in [0.25, 0.3) is 0 Å². The first-order valence-corrected chi connectivity index (χ1v) is 6.98. The van der Waals surface area contributed by atoms with Crippen molar-refractivity contribution in [2.24, 2.45) is 0 Å². The predicted molar refractivity (Wildman–Crippen MR) is 79.9 cm³/mol. The van der Waals surface area contributed by atoms with Crippen LogP contribution in [-0.2, 0) is 0 Å². The smallest absolute Gasteiger partial charge is 0.245 e. The van der Waals surface area contributed by atoms with Gasteiger partial charge in [-0.2, -0.15) is 0 Å².